The molecule has 1 atom stereocenters. The fourth-order valence-corrected chi connectivity index (χ4v) is 3.19. The van der Waals surface area contributed by atoms with Crippen LogP contribution in [-0.4, -0.2) is 56.0 Å². The number of carbonyl (C=O) groups excluding carboxylic acids is 1. The van der Waals surface area contributed by atoms with Gasteiger partial charge in [-0.05, 0) is 26.8 Å². The van der Waals surface area contributed by atoms with E-state index in [1.165, 1.54) is 0 Å². The van der Waals surface area contributed by atoms with Crippen molar-refractivity contribution < 1.29 is 14.3 Å². The molecule has 24 heavy (non-hydrogen) atoms. The average Bonchev–Trinajstić information content (AvgIpc) is 2.93. The molecule has 0 N–H and O–H groups in total. The van der Waals surface area contributed by atoms with Gasteiger partial charge in [0.25, 0.3) is 0 Å². The van der Waals surface area contributed by atoms with Crippen LogP contribution in [0.15, 0.2) is 30.5 Å². The number of quaternary nitrogens is 1. The fourth-order valence-electron chi connectivity index (χ4n) is 3.19. The molecule has 5 nitrogen and oxygen atoms in total. The zero-order chi connectivity index (χ0) is 17.2. The second kappa shape index (κ2) is 6.67. The monoisotopic (exact) mass is 331 g/mol. The molecule has 1 aromatic carbocycles. The van der Waals surface area contributed by atoms with Crippen LogP contribution in [0.25, 0.3) is 6.08 Å². The quantitative estimate of drug-likeness (QED) is 0.797. The summed E-state index contributed by atoms with van der Waals surface area (Å²) in [6.45, 7) is 10.6. The first kappa shape index (κ1) is 17.1. The van der Waals surface area contributed by atoms with E-state index in [0.29, 0.717) is 6.54 Å². The molecule has 1 aromatic rings. The number of morpholine rings is 1. The van der Waals surface area contributed by atoms with Crippen LogP contribution in [0, 0.1) is 0 Å². The molecule has 1 amide bonds. The van der Waals surface area contributed by atoms with Crippen molar-refractivity contribution >= 4 is 17.9 Å². The van der Waals surface area contributed by atoms with Crippen molar-refractivity contribution in [2.75, 3.05) is 39.4 Å². The number of benzene rings is 1. The van der Waals surface area contributed by atoms with Gasteiger partial charge in [0.15, 0.2) is 5.69 Å². The summed E-state index contributed by atoms with van der Waals surface area (Å²) in [5, 5.41) is 0. The normalized spacial score (nSPS) is 24.0. The van der Waals surface area contributed by atoms with Gasteiger partial charge in [0.05, 0.1) is 13.2 Å². The third-order valence-corrected chi connectivity index (χ3v) is 4.47. The maximum atomic E-state index is 13.1. The molecule has 3 rings (SSSR count). The highest BCUT2D eigenvalue weighted by molar-refractivity contribution is 5.92. The number of carbonyl (C=O) groups is 1. The second-order valence-corrected chi connectivity index (χ2v) is 7.40. The Morgan fingerprint density at radius 2 is 1.96 bits per heavy atom. The largest absolute Gasteiger partial charge is 0.526 e. The number of hydrogen-bond acceptors (Lipinski definition) is 4. The van der Waals surface area contributed by atoms with E-state index in [1.54, 1.807) is 0 Å². The molecule has 2 aliphatic heterocycles. The first-order valence-electron chi connectivity index (χ1n) is 8.61. The molecule has 0 bridgehead atoms. The van der Waals surface area contributed by atoms with Gasteiger partial charge in [-0.25, -0.2) is 0 Å². The summed E-state index contributed by atoms with van der Waals surface area (Å²) in [5.74, 6) is 0. The predicted octanol–water partition coefficient (Wildman–Crippen LogP) is 3.25. The Balaban J connectivity index is 1.85. The second-order valence-electron chi connectivity index (χ2n) is 7.40. The van der Waals surface area contributed by atoms with Gasteiger partial charge >= 0.3 is 6.09 Å². The first-order valence-corrected chi connectivity index (χ1v) is 8.61. The molecule has 1 fully saturated rings. The number of ether oxygens (including phenoxy) is 2. The van der Waals surface area contributed by atoms with Crippen molar-refractivity contribution in [1.29, 1.82) is 0 Å². The maximum absolute atomic E-state index is 13.1. The van der Waals surface area contributed by atoms with Gasteiger partial charge in [-0.2, -0.15) is 9.28 Å². The van der Waals surface area contributed by atoms with Gasteiger partial charge in [0, 0.05) is 37.3 Å². The van der Waals surface area contributed by atoms with Crippen LogP contribution in [0.2, 0.25) is 0 Å². The highest BCUT2D eigenvalue weighted by atomic mass is 16.6. The van der Waals surface area contributed by atoms with E-state index in [9.17, 15) is 4.79 Å². The van der Waals surface area contributed by atoms with Crippen LogP contribution in [0.4, 0.5) is 10.5 Å². The topological polar surface area (TPSA) is 38.8 Å². The minimum atomic E-state index is -0.507. The van der Waals surface area contributed by atoms with Gasteiger partial charge in [-0.1, -0.05) is 12.1 Å². The Hall–Kier alpha value is -1.69. The Kier molecular flexibility index (Phi) is 4.76. The summed E-state index contributed by atoms with van der Waals surface area (Å²) >= 11 is 0. The summed E-state index contributed by atoms with van der Waals surface area (Å²) in [4.78, 5) is 15.4. The van der Waals surface area contributed by atoms with Crippen molar-refractivity contribution in [2.45, 2.75) is 26.4 Å². The number of para-hydroxylation sites is 1. The highest BCUT2D eigenvalue weighted by Crippen LogP contribution is 2.37. The Bertz CT molecular complexity index is 630. The van der Waals surface area contributed by atoms with Gasteiger partial charge in [0.2, 0.25) is 0 Å². The van der Waals surface area contributed by atoms with E-state index >= 15 is 0 Å². The van der Waals surface area contributed by atoms with Crippen LogP contribution >= 0.6 is 0 Å². The molecule has 0 saturated carbocycles. The molecular formula is C19H27N2O3+. The van der Waals surface area contributed by atoms with Gasteiger partial charge < -0.3 is 9.47 Å². The summed E-state index contributed by atoms with van der Waals surface area (Å²) in [6.07, 6.45) is 3.79. The van der Waals surface area contributed by atoms with Crippen LogP contribution < -0.4 is 4.48 Å². The van der Waals surface area contributed by atoms with E-state index in [2.05, 4.69) is 4.90 Å². The lowest BCUT2D eigenvalue weighted by molar-refractivity contribution is 0.0231. The molecular weight excluding hydrogens is 304 g/mol. The summed E-state index contributed by atoms with van der Waals surface area (Å²) in [6, 6.07) is 8.06. The number of nitrogens with zero attached hydrogens (tertiary/aromatic N) is 2. The molecule has 0 radical (unpaired) electrons. The minimum Gasteiger partial charge on any atom is -0.414 e. The van der Waals surface area contributed by atoms with Crippen molar-refractivity contribution in [3.63, 3.8) is 0 Å². The molecule has 130 valence electrons. The Morgan fingerprint density at radius 3 is 2.67 bits per heavy atom. The molecule has 5 heteroatoms. The number of rotatable bonds is 3. The van der Waals surface area contributed by atoms with E-state index in [0.717, 1.165) is 44.1 Å². The van der Waals surface area contributed by atoms with Crippen molar-refractivity contribution in [3.05, 3.63) is 36.0 Å². The molecule has 0 spiro atoms. The zero-order valence-electron chi connectivity index (χ0n) is 14.8. The lowest BCUT2D eigenvalue weighted by Crippen LogP contribution is -2.55. The molecule has 2 aliphatic rings. The molecule has 1 saturated heterocycles. The number of hydrogen-bond donors (Lipinski definition) is 0. The van der Waals surface area contributed by atoms with Crippen LogP contribution in [0.1, 0.15) is 26.3 Å². The minimum absolute atomic E-state index is 0.130. The van der Waals surface area contributed by atoms with E-state index in [-0.39, 0.29) is 10.6 Å². The summed E-state index contributed by atoms with van der Waals surface area (Å²) in [5.41, 5.74) is 1.58. The average molecular weight is 331 g/mol. The summed E-state index contributed by atoms with van der Waals surface area (Å²) < 4.78 is 11.3. The van der Waals surface area contributed by atoms with Crippen molar-refractivity contribution in [1.82, 2.24) is 9.38 Å². The van der Waals surface area contributed by atoms with Crippen molar-refractivity contribution in [3.8, 4) is 0 Å². The molecule has 2 heterocycles. The number of amides is 1. The smallest absolute Gasteiger partial charge is 0.414 e. The lowest BCUT2D eigenvalue weighted by atomic mass is 10.2. The van der Waals surface area contributed by atoms with Crippen LogP contribution in [0.3, 0.4) is 0 Å². The Morgan fingerprint density at radius 1 is 1.25 bits per heavy atom. The third-order valence-electron chi connectivity index (χ3n) is 4.47. The SMILES string of the molecule is CC(C)(C)OC(=O)[N+]1(CCN2CCOCC2)C=Cc2ccccc21. The molecule has 1 unspecified atom stereocenters. The highest BCUT2D eigenvalue weighted by Gasteiger charge is 2.45. The summed E-state index contributed by atoms with van der Waals surface area (Å²) in [7, 11) is 0. The fraction of sp³-hybridized carbons (Fsp3) is 0.526. The van der Waals surface area contributed by atoms with Gasteiger partial charge in [-0.15, -0.1) is 0 Å². The van der Waals surface area contributed by atoms with Crippen LogP contribution in [0.5, 0.6) is 0 Å². The maximum Gasteiger partial charge on any atom is 0.526 e. The van der Waals surface area contributed by atoms with E-state index < -0.39 is 5.60 Å². The lowest BCUT2D eigenvalue weighted by Gasteiger charge is -2.34. The zero-order valence-corrected chi connectivity index (χ0v) is 14.8. The Labute approximate surface area is 144 Å². The number of fused-ring (bicyclic) bond motifs is 1. The van der Waals surface area contributed by atoms with Gasteiger partial charge in [-0.3, -0.25) is 4.90 Å². The van der Waals surface area contributed by atoms with E-state index in [1.807, 2.05) is 57.3 Å². The van der Waals surface area contributed by atoms with E-state index in [4.69, 9.17) is 9.47 Å². The van der Waals surface area contributed by atoms with Gasteiger partial charge in [0.1, 0.15) is 18.3 Å². The predicted molar refractivity (Wildman–Crippen MR) is 95.6 cm³/mol. The van der Waals surface area contributed by atoms with Crippen LogP contribution in [-0.2, 0) is 9.47 Å². The first-order chi connectivity index (χ1) is 11.4. The standard InChI is InChI=1S/C19H27N2O3/c1-19(2,3)24-18(22)21(13-9-20-10-14-23-15-11-20)12-8-16-6-4-5-7-17(16)21/h4-8,12H,9-11,13-15H2,1-3H3/q+1. The third kappa shape index (κ3) is 3.53. The molecule has 0 aliphatic carbocycles. The molecule has 0 aromatic heterocycles. The van der Waals surface area contributed by atoms with Crippen molar-refractivity contribution in [2.24, 2.45) is 0 Å².